The van der Waals surface area contributed by atoms with Crippen LogP contribution in [-0.4, -0.2) is 22.4 Å². The molecule has 0 fully saturated rings. The van der Waals surface area contributed by atoms with Crippen molar-refractivity contribution in [1.82, 2.24) is 4.98 Å². The van der Waals surface area contributed by atoms with Crippen molar-refractivity contribution in [3.8, 4) is 11.5 Å². The molecular formula is C21H17N3O3. The number of carbonyl (C=O) groups excluding carboxylic acids is 2. The lowest BCUT2D eigenvalue weighted by Gasteiger charge is -2.13. The highest BCUT2D eigenvalue weighted by molar-refractivity contribution is 6.27. The van der Waals surface area contributed by atoms with Crippen LogP contribution in [0.1, 0.15) is 12.5 Å². The van der Waals surface area contributed by atoms with Crippen LogP contribution in [0.2, 0.25) is 0 Å². The molecule has 1 aliphatic heterocycles. The largest absolute Gasteiger partial charge is 0.445 e. The molecule has 1 aromatic heterocycles. The molecule has 3 aromatic rings. The summed E-state index contributed by atoms with van der Waals surface area (Å²) >= 11 is 0. The summed E-state index contributed by atoms with van der Waals surface area (Å²) < 4.78 is 5.30. The molecule has 0 N–H and O–H groups in total. The smallest absolute Gasteiger partial charge is 0.263 e. The van der Waals surface area contributed by atoms with E-state index in [9.17, 15) is 9.59 Å². The number of benzene rings is 2. The van der Waals surface area contributed by atoms with Gasteiger partial charge in [-0.1, -0.05) is 30.3 Å². The molecular weight excluding hydrogens is 342 g/mol. The van der Waals surface area contributed by atoms with Gasteiger partial charge < -0.3 is 4.42 Å². The predicted molar refractivity (Wildman–Crippen MR) is 101 cm³/mol. The maximum atomic E-state index is 12.8. The Kier molecular flexibility index (Phi) is 4.38. The zero-order valence-corrected chi connectivity index (χ0v) is 14.7. The predicted octanol–water partition coefficient (Wildman–Crippen LogP) is 3.49. The lowest BCUT2D eigenvalue weighted by atomic mass is 9.93. The Morgan fingerprint density at radius 2 is 1.96 bits per heavy atom. The molecule has 0 spiro atoms. The number of aromatic nitrogens is 1. The molecule has 1 amide bonds. The van der Waals surface area contributed by atoms with Gasteiger partial charge >= 0.3 is 0 Å². The van der Waals surface area contributed by atoms with Crippen LogP contribution in [0.25, 0.3) is 11.5 Å². The maximum absolute atomic E-state index is 12.8. The Balaban J connectivity index is 1.53. The van der Waals surface area contributed by atoms with E-state index in [2.05, 4.69) is 10.1 Å². The van der Waals surface area contributed by atoms with E-state index >= 15 is 0 Å². The molecule has 6 nitrogen and oxygen atoms in total. The number of oxazole rings is 1. The summed E-state index contributed by atoms with van der Waals surface area (Å²) in [6.45, 7) is 1.71. The van der Waals surface area contributed by atoms with Gasteiger partial charge in [0, 0.05) is 12.0 Å². The molecule has 27 heavy (non-hydrogen) atoms. The highest BCUT2D eigenvalue weighted by atomic mass is 16.3. The fourth-order valence-electron chi connectivity index (χ4n) is 3.17. The summed E-state index contributed by atoms with van der Waals surface area (Å²) in [6.07, 6.45) is 3.21. The van der Waals surface area contributed by atoms with Gasteiger partial charge in [0.1, 0.15) is 12.2 Å². The number of anilines is 1. The van der Waals surface area contributed by atoms with Crippen LogP contribution in [0.3, 0.4) is 0 Å². The fraction of sp³-hybridized carbons (Fsp3) is 0.143. The van der Waals surface area contributed by atoms with Gasteiger partial charge in [-0.15, -0.1) is 0 Å². The average molecular weight is 359 g/mol. The number of rotatable bonds is 5. The number of amides is 1. The third kappa shape index (κ3) is 3.29. The monoisotopic (exact) mass is 359 g/mol. The molecule has 1 unspecified atom stereocenters. The second-order valence-electron chi connectivity index (χ2n) is 6.34. The van der Waals surface area contributed by atoms with Gasteiger partial charge in [-0.2, -0.15) is 10.1 Å². The third-order valence-corrected chi connectivity index (χ3v) is 4.44. The Morgan fingerprint density at radius 3 is 2.70 bits per heavy atom. The molecule has 2 heterocycles. The summed E-state index contributed by atoms with van der Waals surface area (Å²) in [7, 11) is 0. The first-order valence-electron chi connectivity index (χ1n) is 8.59. The van der Waals surface area contributed by atoms with Gasteiger partial charge in [0.05, 0.1) is 17.6 Å². The van der Waals surface area contributed by atoms with Crippen LogP contribution in [0.5, 0.6) is 0 Å². The van der Waals surface area contributed by atoms with Crippen molar-refractivity contribution >= 4 is 23.1 Å². The van der Waals surface area contributed by atoms with Crippen molar-refractivity contribution in [2.24, 2.45) is 11.0 Å². The van der Waals surface area contributed by atoms with Crippen molar-refractivity contribution in [3.05, 3.63) is 72.6 Å². The number of carbonyl (C=O) groups is 2. The van der Waals surface area contributed by atoms with E-state index in [0.717, 1.165) is 11.1 Å². The van der Waals surface area contributed by atoms with Gasteiger partial charge in [-0.25, -0.2) is 4.98 Å². The number of nitrogens with zero attached hydrogens (tertiary/aromatic N) is 3. The summed E-state index contributed by atoms with van der Waals surface area (Å²) in [4.78, 5) is 29.7. The quantitative estimate of drug-likeness (QED) is 0.654. The minimum atomic E-state index is -0.851. The Morgan fingerprint density at radius 1 is 1.15 bits per heavy atom. The molecule has 2 aromatic carbocycles. The van der Waals surface area contributed by atoms with E-state index in [4.69, 9.17) is 4.42 Å². The van der Waals surface area contributed by atoms with E-state index in [1.807, 2.05) is 42.5 Å². The second-order valence-corrected chi connectivity index (χ2v) is 6.34. The standard InChI is InChI=1S/C21H17N3O3/c1-14-19(21(26)24(23-14)17-8-3-2-4-9-17)18(25)13-15-6-5-7-16(12-15)20-22-10-11-27-20/h2-12,19H,13H2,1H3. The van der Waals surface area contributed by atoms with Crippen LogP contribution in [0, 0.1) is 5.92 Å². The first-order chi connectivity index (χ1) is 13.1. The Labute approximate surface area is 156 Å². The van der Waals surface area contributed by atoms with Gasteiger partial charge in [0.15, 0.2) is 5.78 Å². The Hall–Kier alpha value is -3.54. The van der Waals surface area contributed by atoms with E-state index in [1.165, 1.54) is 11.3 Å². The maximum Gasteiger partial charge on any atom is 0.263 e. The summed E-state index contributed by atoms with van der Waals surface area (Å²) in [5.74, 6) is -0.846. The van der Waals surface area contributed by atoms with Crippen LogP contribution < -0.4 is 5.01 Å². The van der Waals surface area contributed by atoms with Gasteiger partial charge in [0.2, 0.25) is 5.89 Å². The molecule has 0 saturated carbocycles. The van der Waals surface area contributed by atoms with Crippen molar-refractivity contribution in [2.75, 3.05) is 5.01 Å². The lowest BCUT2D eigenvalue weighted by molar-refractivity contribution is -0.128. The van der Waals surface area contributed by atoms with Crippen molar-refractivity contribution in [2.45, 2.75) is 13.3 Å². The number of hydrogen-bond acceptors (Lipinski definition) is 5. The summed E-state index contributed by atoms with van der Waals surface area (Å²) in [5, 5.41) is 5.60. The van der Waals surface area contributed by atoms with Crippen molar-refractivity contribution < 1.29 is 14.0 Å². The fourth-order valence-corrected chi connectivity index (χ4v) is 3.17. The number of ketones is 1. The zero-order chi connectivity index (χ0) is 18.8. The molecule has 1 aliphatic rings. The minimum Gasteiger partial charge on any atom is -0.445 e. The molecule has 0 bridgehead atoms. The van der Waals surface area contributed by atoms with E-state index in [1.54, 1.807) is 25.3 Å². The second kappa shape index (κ2) is 6.99. The molecule has 1 atom stereocenters. The highest BCUT2D eigenvalue weighted by Gasteiger charge is 2.39. The minimum absolute atomic E-state index is 0.139. The average Bonchev–Trinajstić information content (AvgIpc) is 3.31. The molecule has 4 rings (SSSR count). The number of para-hydroxylation sites is 1. The van der Waals surface area contributed by atoms with Crippen molar-refractivity contribution in [3.63, 3.8) is 0 Å². The summed E-state index contributed by atoms with van der Waals surface area (Å²) in [5.41, 5.74) is 2.76. The number of hydrogen-bond donors (Lipinski definition) is 0. The number of hydrazone groups is 1. The van der Waals surface area contributed by atoms with Gasteiger partial charge in [-0.05, 0) is 36.8 Å². The molecule has 0 aliphatic carbocycles. The third-order valence-electron chi connectivity index (χ3n) is 4.44. The van der Waals surface area contributed by atoms with Crippen LogP contribution in [-0.2, 0) is 16.0 Å². The summed E-state index contributed by atoms with van der Waals surface area (Å²) in [6, 6.07) is 16.5. The van der Waals surface area contributed by atoms with E-state index < -0.39 is 5.92 Å². The van der Waals surface area contributed by atoms with E-state index in [-0.39, 0.29) is 18.1 Å². The normalized spacial score (nSPS) is 16.5. The highest BCUT2D eigenvalue weighted by Crippen LogP contribution is 2.26. The SMILES string of the molecule is CC1=NN(c2ccccc2)C(=O)C1C(=O)Cc1cccc(-c2ncco2)c1. The molecule has 0 saturated heterocycles. The van der Waals surface area contributed by atoms with Crippen molar-refractivity contribution in [1.29, 1.82) is 0 Å². The van der Waals surface area contributed by atoms with Gasteiger partial charge in [-0.3, -0.25) is 9.59 Å². The van der Waals surface area contributed by atoms with Crippen LogP contribution >= 0.6 is 0 Å². The van der Waals surface area contributed by atoms with Crippen LogP contribution in [0.15, 0.2) is 76.6 Å². The molecule has 6 heteroatoms. The topological polar surface area (TPSA) is 75.8 Å². The zero-order valence-electron chi connectivity index (χ0n) is 14.7. The molecule has 134 valence electrons. The lowest BCUT2D eigenvalue weighted by Crippen LogP contribution is -2.33. The molecule has 0 radical (unpaired) electrons. The Bertz CT molecular complexity index is 1010. The van der Waals surface area contributed by atoms with Gasteiger partial charge in [0.25, 0.3) is 5.91 Å². The first kappa shape index (κ1) is 16.9. The van der Waals surface area contributed by atoms with E-state index in [0.29, 0.717) is 17.3 Å². The van der Waals surface area contributed by atoms with Crippen LogP contribution in [0.4, 0.5) is 5.69 Å². The first-order valence-corrected chi connectivity index (χ1v) is 8.59. The number of Topliss-reactive ketones (excluding diaryl/α,β-unsaturated/α-hetero) is 1.